The second-order valence-electron chi connectivity index (χ2n) is 4.02. The van der Waals surface area contributed by atoms with Gasteiger partial charge in [0.2, 0.25) is 0 Å². The summed E-state index contributed by atoms with van der Waals surface area (Å²) in [4.78, 5) is 11.8. The van der Waals surface area contributed by atoms with Crippen LogP contribution in [-0.2, 0) is 17.1 Å². The van der Waals surface area contributed by atoms with Crippen molar-refractivity contribution in [3.05, 3.63) is 102 Å². The van der Waals surface area contributed by atoms with Gasteiger partial charge in [-0.2, -0.15) is 18.2 Å². The molecule has 0 aliphatic rings. The smallest absolute Gasteiger partial charge is 0.193 e. The van der Waals surface area contributed by atoms with Gasteiger partial charge in [0, 0.05) is 28.2 Å². The molecule has 1 nitrogen and oxygen atoms in total. The van der Waals surface area contributed by atoms with Crippen LogP contribution in [0, 0.1) is 0 Å². The van der Waals surface area contributed by atoms with Crippen LogP contribution in [-0.4, -0.2) is 5.78 Å². The Hall–Kier alpha value is -2.02. The van der Waals surface area contributed by atoms with Crippen molar-refractivity contribution in [1.82, 2.24) is 0 Å². The van der Waals surface area contributed by atoms with E-state index in [1.807, 2.05) is 91.0 Å². The standard InChI is InChI=1S/C13H10O.C5H5.Fe/c14-13(11-7-3-1-4-8-11)12-9-5-2-6-10-12;1-2-4-5-3-1;/h1-10H;1-5H;/q;-1;. The van der Waals surface area contributed by atoms with E-state index in [0.29, 0.717) is 0 Å². The molecule has 0 heterocycles. The fourth-order valence-corrected chi connectivity index (χ4v) is 1.67. The monoisotopic (exact) mass is 303 g/mol. The van der Waals surface area contributed by atoms with Crippen LogP contribution in [0.5, 0.6) is 0 Å². The van der Waals surface area contributed by atoms with Crippen LogP contribution in [0.1, 0.15) is 15.9 Å². The first-order valence-corrected chi connectivity index (χ1v) is 6.19. The molecule has 0 spiro atoms. The number of ketones is 1. The first-order valence-electron chi connectivity index (χ1n) is 6.19. The van der Waals surface area contributed by atoms with Gasteiger partial charge in [0.15, 0.2) is 5.78 Å². The number of carbonyl (C=O) groups excluding carboxylic acids is 1. The Kier molecular flexibility index (Phi) is 7.20. The van der Waals surface area contributed by atoms with Gasteiger partial charge in [-0.3, -0.25) is 4.79 Å². The van der Waals surface area contributed by atoms with Crippen molar-refractivity contribution in [3.63, 3.8) is 0 Å². The summed E-state index contributed by atoms with van der Waals surface area (Å²) in [5.74, 6) is 0.0752. The molecular formula is C18H15FeO-. The topological polar surface area (TPSA) is 17.1 Å². The van der Waals surface area contributed by atoms with E-state index in [-0.39, 0.29) is 22.9 Å². The second-order valence-corrected chi connectivity index (χ2v) is 4.02. The third-order valence-electron chi connectivity index (χ3n) is 2.63. The summed E-state index contributed by atoms with van der Waals surface area (Å²) in [5.41, 5.74) is 1.47. The van der Waals surface area contributed by atoms with Crippen molar-refractivity contribution in [2.24, 2.45) is 0 Å². The maximum absolute atomic E-state index is 11.8. The number of rotatable bonds is 2. The Morgan fingerprint density at radius 2 is 1.05 bits per heavy atom. The molecule has 3 aromatic carbocycles. The maximum Gasteiger partial charge on any atom is 0.193 e. The molecule has 3 rings (SSSR count). The van der Waals surface area contributed by atoms with Gasteiger partial charge in [0.25, 0.3) is 0 Å². The van der Waals surface area contributed by atoms with E-state index in [0.717, 1.165) is 11.1 Å². The SMILES string of the molecule is O=C(c1ccccc1)c1ccccc1.[Fe].c1cc[cH-]c1. The largest absolute Gasteiger partial charge is 0.289 e. The fourth-order valence-electron chi connectivity index (χ4n) is 1.67. The molecule has 0 unspecified atom stereocenters. The van der Waals surface area contributed by atoms with Crippen molar-refractivity contribution in [2.45, 2.75) is 0 Å². The van der Waals surface area contributed by atoms with Gasteiger partial charge in [0.1, 0.15) is 0 Å². The molecule has 0 bridgehead atoms. The molecule has 102 valence electrons. The Bertz CT molecular complexity index is 527. The molecule has 0 aliphatic carbocycles. The Labute approximate surface area is 130 Å². The molecule has 0 saturated heterocycles. The minimum absolute atomic E-state index is 0. The van der Waals surface area contributed by atoms with E-state index >= 15 is 0 Å². The Morgan fingerprint density at radius 1 is 0.650 bits per heavy atom. The van der Waals surface area contributed by atoms with Gasteiger partial charge in [-0.25, -0.2) is 12.1 Å². The van der Waals surface area contributed by atoms with Crippen LogP contribution in [0.3, 0.4) is 0 Å². The number of hydrogen-bond acceptors (Lipinski definition) is 1. The summed E-state index contributed by atoms with van der Waals surface area (Å²) < 4.78 is 0. The van der Waals surface area contributed by atoms with E-state index in [9.17, 15) is 4.79 Å². The van der Waals surface area contributed by atoms with Crippen LogP contribution in [0.25, 0.3) is 0 Å². The van der Waals surface area contributed by atoms with Crippen LogP contribution in [0.4, 0.5) is 0 Å². The molecule has 0 amide bonds. The Morgan fingerprint density at radius 3 is 1.35 bits per heavy atom. The third-order valence-corrected chi connectivity index (χ3v) is 2.63. The van der Waals surface area contributed by atoms with E-state index in [1.165, 1.54) is 0 Å². The van der Waals surface area contributed by atoms with Crippen molar-refractivity contribution in [3.8, 4) is 0 Å². The normalized spacial score (nSPS) is 8.80. The molecule has 0 atom stereocenters. The summed E-state index contributed by atoms with van der Waals surface area (Å²) in [7, 11) is 0. The van der Waals surface area contributed by atoms with Gasteiger partial charge in [-0.1, -0.05) is 60.7 Å². The second kappa shape index (κ2) is 8.97. The third kappa shape index (κ3) is 4.93. The molecule has 0 radical (unpaired) electrons. The Balaban J connectivity index is 0.000000283. The summed E-state index contributed by atoms with van der Waals surface area (Å²) in [6.45, 7) is 0. The summed E-state index contributed by atoms with van der Waals surface area (Å²) in [6, 6.07) is 28.6. The zero-order valence-corrected chi connectivity index (χ0v) is 12.0. The van der Waals surface area contributed by atoms with Gasteiger partial charge in [-0.15, -0.1) is 0 Å². The van der Waals surface area contributed by atoms with Crippen LogP contribution in [0.15, 0.2) is 91.0 Å². The van der Waals surface area contributed by atoms with Crippen LogP contribution < -0.4 is 0 Å². The van der Waals surface area contributed by atoms with Crippen molar-refractivity contribution in [2.75, 3.05) is 0 Å². The number of benzene rings is 2. The predicted molar refractivity (Wildman–Crippen MR) is 78.4 cm³/mol. The molecule has 0 saturated carbocycles. The van der Waals surface area contributed by atoms with Gasteiger partial charge >= 0.3 is 0 Å². The van der Waals surface area contributed by atoms with E-state index in [2.05, 4.69) is 0 Å². The minimum atomic E-state index is 0. The predicted octanol–water partition coefficient (Wildman–Crippen LogP) is 4.32. The zero-order chi connectivity index (χ0) is 13.3. The molecule has 0 aliphatic heterocycles. The van der Waals surface area contributed by atoms with Gasteiger partial charge in [0.05, 0.1) is 0 Å². The average Bonchev–Trinajstić information content (AvgIpc) is 3.08. The van der Waals surface area contributed by atoms with Crippen LogP contribution in [0.2, 0.25) is 0 Å². The fraction of sp³-hybridized carbons (Fsp3) is 0. The van der Waals surface area contributed by atoms with Crippen molar-refractivity contribution in [1.29, 1.82) is 0 Å². The molecule has 20 heavy (non-hydrogen) atoms. The molecule has 2 heteroatoms. The quantitative estimate of drug-likeness (QED) is 0.391. The van der Waals surface area contributed by atoms with Crippen LogP contribution >= 0.6 is 0 Å². The minimum Gasteiger partial charge on any atom is -0.289 e. The first kappa shape index (κ1) is 16.0. The van der Waals surface area contributed by atoms with Crippen molar-refractivity contribution >= 4 is 5.78 Å². The summed E-state index contributed by atoms with van der Waals surface area (Å²) in [5, 5.41) is 0. The molecule has 0 N–H and O–H groups in total. The summed E-state index contributed by atoms with van der Waals surface area (Å²) in [6.07, 6.45) is 0. The van der Waals surface area contributed by atoms with Gasteiger partial charge < -0.3 is 0 Å². The zero-order valence-electron chi connectivity index (χ0n) is 10.9. The average molecular weight is 303 g/mol. The first-order chi connectivity index (χ1) is 9.38. The maximum atomic E-state index is 11.8. The van der Waals surface area contributed by atoms with E-state index in [4.69, 9.17) is 0 Å². The summed E-state index contributed by atoms with van der Waals surface area (Å²) >= 11 is 0. The van der Waals surface area contributed by atoms with E-state index in [1.54, 1.807) is 0 Å². The number of carbonyl (C=O) groups is 1. The molecular weight excluding hydrogens is 288 g/mol. The molecule has 3 aromatic rings. The van der Waals surface area contributed by atoms with E-state index < -0.39 is 0 Å². The molecule has 0 fully saturated rings. The number of hydrogen-bond donors (Lipinski definition) is 0. The van der Waals surface area contributed by atoms with Gasteiger partial charge in [-0.05, 0) is 0 Å². The van der Waals surface area contributed by atoms with Crippen molar-refractivity contribution < 1.29 is 21.9 Å². The molecule has 0 aromatic heterocycles.